The highest BCUT2D eigenvalue weighted by Gasteiger charge is 2.17. The zero-order chi connectivity index (χ0) is 7.28. The van der Waals surface area contributed by atoms with Gasteiger partial charge >= 0.3 is 14.8 Å². The lowest BCUT2D eigenvalue weighted by molar-refractivity contribution is -1.63. The standard InChI is InChI=1S/C3H7Br2NO3/c4-2-1-3(6)9-5(7)8/h3H,1-2,6H2. The van der Waals surface area contributed by atoms with Gasteiger partial charge in [-0.3, -0.25) is 5.73 Å². The predicted molar refractivity (Wildman–Crippen MR) is 27.5 cm³/mol. The van der Waals surface area contributed by atoms with E-state index in [4.69, 9.17) is 5.73 Å². The van der Waals surface area contributed by atoms with Crippen molar-refractivity contribution in [1.82, 2.24) is 0 Å². The van der Waals surface area contributed by atoms with Crippen LogP contribution in [0.1, 0.15) is 6.42 Å². The quantitative estimate of drug-likeness (QED) is 0.478. The molecule has 2 N–H and O–H groups in total. The first-order chi connectivity index (χ1) is 4.16. The molecule has 0 aromatic rings. The van der Waals surface area contributed by atoms with Crippen molar-refractivity contribution in [2.24, 2.45) is 5.73 Å². The molecule has 6 heteroatoms. The maximum absolute atomic E-state index is 9.84. The minimum atomic E-state index is -3.12. The van der Waals surface area contributed by atoms with Gasteiger partial charge < -0.3 is 8.40 Å². The number of hydrogen-bond donors (Lipinski definition) is 1. The summed E-state index contributed by atoms with van der Waals surface area (Å²) in [6.45, 7) is 0. The summed E-state index contributed by atoms with van der Waals surface area (Å²) in [6.07, 6.45) is -0.187. The summed E-state index contributed by atoms with van der Waals surface area (Å²) in [5, 5.41) is 0.643. The fourth-order valence-electron chi connectivity index (χ4n) is 0.246. The van der Waals surface area contributed by atoms with Gasteiger partial charge in [-0.05, 0) is 0 Å². The summed E-state index contributed by atoms with van der Waals surface area (Å²) in [5.74, 6) is 0. The Morgan fingerprint density at radius 2 is 2.22 bits per heavy atom. The van der Waals surface area contributed by atoms with Gasteiger partial charge in [-0.25, -0.2) is 0 Å². The van der Waals surface area contributed by atoms with E-state index in [2.05, 4.69) is 19.8 Å². The van der Waals surface area contributed by atoms with Crippen molar-refractivity contribution >= 4 is 15.9 Å². The molecule has 1 unspecified atom stereocenters. The molecule has 0 fully saturated rings. The van der Waals surface area contributed by atoms with E-state index in [1.807, 2.05) is 0 Å². The molecule has 0 heterocycles. The number of rotatable bonds is 4. The second-order valence-electron chi connectivity index (χ2n) is 1.29. The summed E-state index contributed by atoms with van der Waals surface area (Å²) in [7, 11) is 0. The molecule has 0 aliphatic heterocycles. The predicted octanol–water partition coefficient (Wildman–Crippen LogP) is -1.84. The van der Waals surface area contributed by atoms with Gasteiger partial charge in [0.25, 0.3) is 0 Å². The first kappa shape index (κ1) is 9.80. The van der Waals surface area contributed by atoms with Gasteiger partial charge in [0, 0.05) is 15.6 Å². The van der Waals surface area contributed by atoms with Crippen molar-refractivity contribution in [2.75, 3.05) is 5.33 Å². The topological polar surface area (TPSA) is 81.4 Å². The highest BCUT2D eigenvalue weighted by molar-refractivity contribution is 9.09. The molecule has 4 nitrogen and oxygen atoms in total. The molecule has 0 aliphatic rings. The van der Waals surface area contributed by atoms with Crippen LogP contribution in [0, 0.1) is 14.8 Å². The molecule has 0 aromatic carbocycles. The van der Waals surface area contributed by atoms with Crippen molar-refractivity contribution in [1.29, 1.82) is 0 Å². The van der Waals surface area contributed by atoms with Crippen LogP contribution in [0.4, 0.5) is 0 Å². The second-order valence-corrected chi connectivity index (χ2v) is 3.25. The molecule has 0 saturated heterocycles. The van der Waals surface area contributed by atoms with Gasteiger partial charge in [-0.2, -0.15) is 0 Å². The van der Waals surface area contributed by atoms with Gasteiger partial charge in [0.1, 0.15) is 0 Å². The monoisotopic (exact) mass is 263 g/mol. The molecule has 0 radical (unpaired) electrons. The zero-order valence-corrected chi connectivity index (χ0v) is 7.72. The first-order valence-electron chi connectivity index (χ1n) is 2.21. The van der Waals surface area contributed by atoms with Gasteiger partial charge in [0.2, 0.25) is 6.23 Å². The molecule has 0 saturated carbocycles. The molecule has 0 amide bonds. The second kappa shape index (κ2) is 5.57. The SMILES string of the molecule is NC(CCBr)O[Br+2]([O-])[O-]. The molecule has 56 valence electrons. The average Bonchev–Trinajstić information content (AvgIpc) is 1.63. The highest BCUT2D eigenvalue weighted by Crippen LogP contribution is 1.95. The molecule has 0 rings (SSSR count). The largest absolute Gasteiger partial charge is 0.438 e. The van der Waals surface area contributed by atoms with Crippen LogP contribution < -0.4 is 14.1 Å². The van der Waals surface area contributed by atoms with Crippen molar-refractivity contribution in [3.05, 3.63) is 0 Å². The van der Waals surface area contributed by atoms with Crippen molar-refractivity contribution in [2.45, 2.75) is 12.6 Å². The lowest BCUT2D eigenvalue weighted by atomic mass is 10.5. The Hall–Kier alpha value is 0.800. The van der Waals surface area contributed by atoms with Gasteiger partial charge in [0.15, 0.2) is 0 Å². The molecule has 0 aromatic heterocycles. The van der Waals surface area contributed by atoms with Crippen LogP contribution in [-0.2, 0) is 3.83 Å². The third-order valence-electron chi connectivity index (χ3n) is 0.581. The third-order valence-corrected chi connectivity index (χ3v) is 1.82. The smallest absolute Gasteiger partial charge is 0.372 e. The summed E-state index contributed by atoms with van der Waals surface area (Å²) < 4.78 is 23.9. The number of nitrogens with two attached hydrogens (primary N) is 1. The van der Waals surface area contributed by atoms with E-state index in [1.165, 1.54) is 0 Å². The van der Waals surface area contributed by atoms with E-state index in [-0.39, 0.29) is 0 Å². The molecule has 1 atom stereocenters. The molecular formula is C3H7Br2NO3. The Balaban J connectivity index is 3.15. The Labute approximate surface area is 66.9 Å². The maximum atomic E-state index is 9.84. The maximum Gasteiger partial charge on any atom is 0.438 e. The summed E-state index contributed by atoms with van der Waals surface area (Å²) in [6, 6.07) is 0. The van der Waals surface area contributed by atoms with Crippen LogP contribution in [-0.4, -0.2) is 11.6 Å². The van der Waals surface area contributed by atoms with Gasteiger partial charge in [-0.1, -0.05) is 15.9 Å². The highest BCUT2D eigenvalue weighted by atomic mass is 80.0. The van der Waals surface area contributed by atoms with Crippen LogP contribution >= 0.6 is 15.9 Å². The van der Waals surface area contributed by atoms with Crippen LogP contribution in [0.15, 0.2) is 0 Å². The lowest BCUT2D eigenvalue weighted by Crippen LogP contribution is -2.40. The number of alkyl halides is 1. The number of hydrogen-bond acceptors (Lipinski definition) is 4. The lowest BCUT2D eigenvalue weighted by Gasteiger charge is -1.99. The van der Waals surface area contributed by atoms with E-state index in [0.717, 1.165) is 0 Å². The minimum absolute atomic E-state index is 0.499. The van der Waals surface area contributed by atoms with E-state index < -0.39 is 21.0 Å². The first-order valence-corrected chi connectivity index (χ1v) is 5.27. The summed E-state index contributed by atoms with van der Waals surface area (Å²) in [4.78, 5) is 0. The normalized spacial score (nSPS) is 14.3. The van der Waals surface area contributed by atoms with E-state index in [9.17, 15) is 8.40 Å². The average molecular weight is 265 g/mol. The van der Waals surface area contributed by atoms with Gasteiger partial charge in [-0.15, -0.1) is 0 Å². The summed E-state index contributed by atoms with van der Waals surface area (Å²) in [5.41, 5.74) is 5.16. The summed E-state index contributed by atoms with van der Waals surface area (Å²) >= 11 is -0.0332. The van der Waals surface area contributed by atoms with Crippen molar-refractivity contribution in [3.8, 4) is 0 Å². The Morgan fingerprint density at radius 3 is 2.56 bits per heavy atom. The van der Waals surface area contributed by atoms with Crippen molar-refractivity contribution in [3.63, 3.8) is 0 Å². The van der Waals surface area contributed by atoms with E-state index in [0.29, 0.717) is 11.8 Å². The van der Waals surface area contributed by atoms with Crippen LogP contribution in [0.2, 0.25) is 0 Å². The van der Waals surface area contributed by atoms with E-state index >= 15 is 0 Å². The molecule has 0 aliphatic carbocycles. The molecular weight excluding hydrogens is 258 g/mol. The minimum Gasteiger partial charge on any atom is -0.372 e. The molecule has 9 heavy (non-hydrogen) atoms. The Bertz CT molecular complexity index is 72.1. The molecule has 0 spiro atoms. The fourth-order valence-corrected chi connectivity index (χ4v) is 1.28. The van der Waals surface area contributed by atoms with Crippen LogP contribution in [0.5, 0.6) is 0 Å². The third kappa shape index (κ3) is 6.69. The van der Waals surface area contributed by atoms with Crippen molar-refractivity contribution < 1.29 is 27.0 Å². The number of halogens is 2. The van der Waals surface area contributed by atoms with E-state index in [1.54, 1.807) is 0 Å². The van der Waals surface area contributed by atoms with Gasteiger partial charge in [0.05, 0.1) is 0 Å². The van der Waals surface area contributed by atoms with Crippen LogP contribution in [0.25, 0.3) is 0 Å². The zero-order valence-electron chi connectivity index (χ0n) is 4.55. The fraction of sp³-hybridized carbons (Fsp3) is 1.00. The Morgan fingerprint density at radius 1 is 1.67 bits per heavy atom. The van der Waals surface area contributed by atoms with Crippen LogP contribution in [0.3, 0.4) is 0 Å². The molecule has 0 bridgehead atoms. The Kier molecular flexibility index (Phi) is 6.07.